The number of para-hydroxylation sites is 2. The zero-order chi connectivity index (χ0) is 24.4. The number of aromatic nitrogens is 1. The first kappa shape index (κ1) is 23.9. The van der Waals surface area contributed by atoms with Gasteiger partial charge in [0.05, 0.1) is 8.07 Å². The van der Waals surface area contributed by atoms with Gasteiger partial charge in [0.25, 0.3) is 0 Å². The predicted molar refractivity (Wildman–Crippen MR) is 151 cm³/mol. The van der Waals surface area contributed by atoms with Crippen LogP contribution in [0.2, 0.25) is 19.6 Å². The minimum absolute atomic E-state index is 0. The van der Waals surface area contributed by atoms with Gasteiger partial charge in [0, 0.05) is 47.8 Å². The monoisotopic (exact) mass is 675 g/mol. The zero-order valence-corrected chi connectivity index (χ0v) is 24.2. The van der Waals surface area contributed by atoms with Gasteiger partial charge in [0.2, 0.25) is 0 Å². The third kappa shape index (κ3) is 3.86. The van der Waals surface area contributed by atoms with Crippen LogP contribution in [0.15, 0.2) is 100.0 Å². The molecule has 0 N–H and O–H groups in total. The fraction of sp³-hybridized carbons (Fsp3) is 0.0938. The van der Waals surface area contributed by atoms with Crippen molar-refractivity contribution in [2.24, 2.45) is 0 Å². The molecule has 0 aliphatic heterocycles. The predicted octanol–water partition coefficient (Wildman–Crippen LogP) is 8.56. The van der Waals surface area contributed by atoms with Crippen molar-refractivity contribution in [3.63, 3.8) is 0 Å². The van der Waals surface area contributed by atoms with E-state index in [-0.39, 0.29) is 20.1 Å². The van der Waals surface area contributed by atoms with E-state index in [1.165, 1.54) is 5.19 Å². The molecule has 0 atom stereocenters. The first-order valence-electron chi connectivity index (χ1n) is 12.2. The normalized spacial score (nSPS) is 12.0. The summed E-state index contributed by atoms with van der Waals surface area (Å²) in [5.74, 6) is 0. The van der Waals surface area contributed by atoms with Crippen molar-refractivity contribution in [1.82, 2.24) is 4.98 Å². The van der Waals surface area contributed by atoms with Gasteiger partial charge in [0.1, 0.15) is 11.2 Å². The maximum atomic E-state index is 6.41. The SMILES string of the molecule is C[Si](C)(C)c1cc[c-]c(-c2cc(-c3cc4c5ccccc5oc4c4oc5ccccc5c34)ccn2)c1.[Ir]. The summed E-state index contributed by atoms with van der Waals surface area (Å²) in [6, 6.07) is 32.7. The first-order chi connectivity index (χ1) is 17.5. The van der Waals surface area contributed by atoms with E-state index in [9.17, 15) is 0 Å². The molecule has 183 valence electrons. The van der Waals surface area contributed by atoms with Crippen LogP contribution in [0.3, 0.4) is 0 Å². The average Bonchev–Trinajstić information content (AvgIpc) is 3.47. The summed E-state index contributed by atoms with van der Waals surface area (Å²) >= 11 is 0. The number of rotatable bonds is 3. The molecule has 0 bridgehead atoms. The van der Waals surface area contributed by atoms with Gasteiger partial charge in [-0.1, -0.05) is 62.1 Å². The fourth-order valence-corrected chi connectivity index (χ4v) is 6.28. The maximum absolute atomic E-state index is 6.41. The summed E-state index contributed by atoms with van der Waals surface area (Å²) in [7, 11) is -1.45. The topological polar surface area (TPSA) is 39.2 Å². The second kappa shape index (κ2) is 8.81. The van der Waals surface area contributed by atoms with Crippen molar-refractivity contribution in [1.29, 1.82) is 0 Å². The molecule has 0 amide bonds. The quantitative estimate of drug-likeness (QED) is 0.139. The van der Waals surface area contributed by atoms with Gasteiger partial charge in [-0.05, 0) is 41.1 Å². The van der Waals surface area contributed by atoms with Crippen molar-refractivity contribution in [3.8, 4) is 22.4 Å². The van der Waals surface area contributed by atoms with Gasteiger partial charge in [-0.25, -0.2) is 0 Å². The van der Waals surface area contributed by atoms with E-state index >= 15 is 0 Å². The van der Waals surface area contributed by atoms with E-state index in [1.807, 2.05) is 42.6 Å². The summed E-state index contributed by atoms with van der Waals surface area (Å²) in [4.78, 5) is 4.73. The molecule has 3 aromatic heterocycles. The molecule has 4 aromatic carbocycles. The van der Waals surface area contributed by atoms with Crippen LogP contribution in [-0.2, 0) is 20.1 Å². The number of fused-ring (bicyclic) bond motifs is 7. The van der Waals surface area contributed by atoms with Crippen LogP contribution >= 0.6 is 0 Å². The number of hydrogen-bond donors (Lipinski definition) is 0. The van der Waals surface area contributed by atoms with Crippen LogP contribution in [0.25, 0.3) is 66.3 Å². The number of hydrogen-bond acceptors (Lipinski definition) is 3. The second-order valence-electron chi connectivity index (χ2n) is 10.4. The van der Waals surface area contributed by atoms with Gasteiger partial charge >= 0.3 is 0 Å². The second-order valence-corrected chi connectivity index (χ2v) is 15.4. The summed E-state index contributed by atoms with van der Waals surface area (Å²) in [5, 5.41) is 5.68. The van der Waals surface area contributed by atoms with Crippen molar-refractivity contribution in [3.05, 3.63) is 97.2 Å². The van der Waals surface area contributed by atoms with Crippen molar-refractivity contribution < 1.29 is 28.9 Å². The molecule has 0 unspecified atom stereocenters. The Balaban J connectivity index is 0.00000252. The molecule has 5 heteroatoms. The molecule has 0 saturated carbocycles. The van der Waals surface area contributed by atoms with E-state index < -0.39 is 8.07 Å². The van der Waals surface area contributed by atoms with E-state index in [0.29, 0.717) is 0 Å². The van der Waals surface area contributed by atoms with E-state index in [2.05, 4.69) is 74.2 Å². The summed E-state index contributed by atoms with van der Waals surface area (Å²) in [6.45, 7) is 7.09. The molecule has 0 aliphatic rings. The van der Waals surface area contributed by atoms with E-state index in [4.69, 9.17) is 13.8 Å². The Hall–Kier alpha value is -3.50. The average molecular weight is 675 g/mol. The minimum Gasteiger partial charge on any atom is -0.452 e. The molecule has 7 rings (SSSR count). The van der Waals surface area contributed by atoms with E-state index in [1.54, 1.807) is 0 Å². The Morgan fingerprint density at radius 2 is 1.43 bits per heavy atom. The van der Waals surface area contributed by atoms with Gasteiger partial charge in [-0.15, -0.1) is 35.0 Å². The minimum atomic E-state index is -1.45. The Morgan fingerprint density at radius 3 is 2.22 bits per heavy atom. The fourth-order valence-electron chi connectivity index (χ4n) is 5.12. The van der Waals surface area contributed by atoms with Gasteiger partial charge < -0.3 is 13.8 Å². The van der Waals surface area contributed by atoms with Crippen LogP contribution in [-0.4, -0.2) is 13.1 Å². The molecular formula is C32H24IrNO2Si-. The molecule has 0 saturated heterocycles. The van der Waals surface area contributed by atoms with Crippen molar-refractivity contribution >= 4 is 57.1 Å². The molecule has 0 spiro atoms. The molecule has 0 fully saturated rings. The number of nitrogens with zero attached hydrogens (tertiary/aromatic N) is 1. The number of benzene rings is 4. The first-order valence-corrected chi connectivity index (χ1v) is 15.7. The van der Waals surface area contributed by atoms with E-state index in [0.717, 1.165) is 66.3 Å². The summed E-state index contributed by atoms with van der Waals surface area (Å²) < 4.78 is 12.7. The van der Waals surface area contributed by atoms with Gasteiger partial charge in [-0.2, -0.15) is 0 Å². The van der Waals surface area contributed by atoms with Crippen molar-refractivity contribution in [2.45, 2.75) is 19.6 Å². The molecule has 3 heterocycles. The third-order valence-electron chi connectivity index (χ3n) is 7.01. The Labute approximate surface area is 229 Å². The molecule has 0 aliphatic carbocycles. The maximum Gasteiger partial charge on any atom is 0.179 e. The smallest absolute Gasteiger partial charge is 0.179 e. The standard InChI is InChI=1S/C32H24NO2Si.Ir/c1-36(2,3)22-10-8-9-21(17-22)27-18-20(15-16-33-27)25-19-26-23-11-4-6-13-28(23)34-31(26)32-30(25)24-12-5-7-14-29(24)35-32;/h4-8,10-19H,1-3H3;/q-1;. The Kier molecular flexibility index (Phi) is 5.68. The Morgan fingerprint density at radius 1 is 0.730 bits per heavy atom. The van der Waals surface area contributed by atoms with Crippen LogP contribution in [0, 0.1) is 6.07 Å². The number of furan rings is 2. The van der Waals surface area contributed by atoms with Crippen LogP contribution in [0.1, 0.15) is 0 Å². The molecule has 7 aromatic rings. The molecule has 37 heavy (non-hydrogen) atoms. The van der Waals surface area contributed by atoms with Gasteiger partial charge in [-0.3, -0.25) is 0 Å². The zero-order valence-electron chi connectivity index (χ0n) is 20.8. The van der Waals surface area contributed by atoms with Gasteiger partial charge in [0.15, 0.2) is 11.2 Å². The Bertz CT molecular complexity index is 1940. The molecule has 3 nitrogen and oxygen atoms in total. The van der Waals surface area contributed by atoms with Crippen LogP contribution in [0.5, 0.6) is 0 Å². The molecule has 1 radical (unpaired) electrons. The summed E-state index contributed by atoms with van der Waals surface area (Å²) in [6.07, 6.45) is 1.89. The molecular weight excluding hydrogens is 651 g/mol. The van der Waals surface area contributed by atoms with Crippen molar-refractivity contribution in [2.75, 3.05) is 0 Å². The summed E-state index contributed by atoms with van der Waals surface area (Å²) in [5.41, 5.74) is 7.44. The largest absolute Gasteiger partial charge is 0.452 e. The third-order valence-corrected chi connectivity index (χ3v) is 9.05. The van der Waals surface area contributed by atoms with Crippen LogP contribution < -0.4 is 5.19 Å². The van der Waals surface area contributed by atoms with Crippen LogP contribution in [0.4, 0.5) is 0 Å². The number of pyridine rings is 1.